The van der Waals surface area contributed by atoms with Gasteiger partial charge in [-0.25, -0.2) is 9.97 Å². The van der Waals surface area contributed by atoms with Crippen LogP contribution in [0.1, 0.15) is 18.7 Å². The predicted octanol–water partition coefficient (Wildman–Crippen LogP) is 2.37. The van der Waals surface area contributed by atoms with Crippen LogP contribution in [0.25, 0.3) is 0 Å². The zero-order valence-corrected chi connectivity index (χ0v) is 9.13. The lowest BCUT2D eigenvalue weighted by Gasteiger charge is -2.04. The Labute approximate surface area is 86.1 Å². The number of hydrogen-bond acceptors (Lipinski definition) is 3. The zero-order valence-electron chi connectivity index (χ0n) is 7.55. The standard InChI is InChI=1S/C9H12BrN3/c1-6-12-8(10)4-9(13-6)11-5-7-2-3-7/h4,7H,2-3,5H2,1H3,(H,11,12,13). The fourth-order valence-electron chi connectivity index (χ4n) is 1.19. The van der Waals surface area contributed by atoms with Crippen LogP contribution in [-0.2, 0) is 0 Å². The molecule has 3 nitrogen and oxygen atoms in total. The molecular formula is C9H12BrN3. The Morgan fingerprint density at radius 1 is 1.54 bits per heavy atom. The van der Waals surface area contributed by atoms with Crippen LogP contribution in [0.15, 0.2) is 10.7 Å². The Morgan fingerprint density at radius 2 is 2.31 bits per heavy atom. The van der Waals surface area contributed by atoms with Crippen molar-refractivity contribution in [3.63, 3.8) is 0 Å². The van der Waals surface area contributed by atoms with Crippen molar-refractivity contribution < 1.29 is 0 Å². The average Bonchev–Trinajstić information content (AvgIpc) is 2.81. The first-order valence-corrected chi connectivity index (χ1v) is 5.28. The third kappa shape index (κ3) is 2.66. The van der Waals surface area contributed by atoms with Crippen molar-refractivity contribution in [2.24, 2.45) is 5.92 Å². The summed E-state index contributed by atoms with van der Waals surface area (Å²) in [7, 11) is 0. The Bertz CT molecular complexity index is 289. The van der Waals surface area contributed by atoms with Crippen LogP contribution >= 0.6 is 15.9 Å². The molecule has 1 aromatic heterocycles. The number of aromatic nitrogens is 2. The number of nitrogens with zero attached hydrogens (tertiary/aromatic N) is 2. The van der Waals surface area contributed by atoms with E-state index in [1.165, 1.54) is 12.8 Å². The van der Waals surface area contributed by atoms with Crippen LogP contribution in [0.2, 0.25) is 0 Å². The lowest BCUT2D eigenvalue weighted by Crippen LogP contribution is -2.06. The second-order valence-corrected chi connectivity index (χ2v) is 4.26. The molecule has 0 aromatic carbocycles. The van der Waals surface area contributed by atoms with Gasteiger partial charge in [0.15, 0.2) is 0 Å². The van der Waals surface area contributed by atoms with Crippen LogP contribution in [0.4, 0.5) is 5.82 Å². The SMILES string of the molecule is Cc1nc(Br)cc(NCC2CC2)n1. The fraction of sp³-hybridized carbons (Fsp3) is 0.556. The summed E-state index contributed by atoms with van der Waals surface area (Å²) in [5.41, 5.74) is 0. The minimum atomic E-state index is 0.799. The number of rotatable bonds is 3. The van der Waals surface area contributed by atoms with Crippen molar-refractivity contribution in [2.75, 3.05) is 11.9 Å². The molecule has 1 heterocycles. The van der Waals surface area contributed by atoms with E-state index in [2.05, 4.69) is 31.2 Å². The lowest BCUT2D eigenvalue weighted by molar-refractivity contribution is 0.876. The highest BCUT2D eigenvalue weighted by Crippen LogP contribution is 2.28. The van der Waals surface area contributed by atoms with Crippen molar-refractivity contribution in [1.29, 1.82) is 0 Å². The van der Waals surface area contributed by atoms with Crippen LogP contribution in [0, 0.1) is 12.8 Å². The second-order valence-electron chi connectivity index (χ2n) is 3.45. The molecule has 1 aliphatic carbocycles. The van der Waals surface area contributed by atoms with Crippen molar-refractivity contribution in [1.82, 2.24) is 9.97 Å². The first-order chi connectivity index (χ1) is 6.24. The molecule has 70 valence electrons. The molecule has 13 heavy (non-hydrogen) atoms. The highest BCUT2D eigenvalue weighted by Gasteiger charge is 2.20. The summed E-state index contributed by atoms with van der Waals surface area (Å²) in [6.45, 7) is 2.94. The summed E-state index contributed by atoms with van der Waals surface area (Å²) < 4.78 is 0.846. The van der Waals surface area contributed by atoms with E-state index in [0.29, 0.717) is 0 Å². The topological polar surface area (TPSA) is 37.8 Å². The first-order valence-electron chi connectivity index (χ1n) is 4.49. The van der Waals surface area contributed by atoms with E-state index >= 15 is 0 Å². The van der Waals surface area contributed by atoms with Gasteiger partial charge in [-0.15, -0.1) is 0 Å². The van der Waals surface area contributed by atoms with Crippen LogP contribution < -0.4 is 5.32 Å². The number of halogens is 1. The van der Waals surface area contributed by atoms with Gasteiger partial charge in [0.2, 0.25) is 0 Å². The highest BCUT2D eigenvalue weighted by molar-refractivity contribution is 9.10. The lowest BCUT2D eigenvalue weighted by atomic mass is 10.4. The maximum Gasteiger partial charge on any atom is 0.130 e. The van der Waals surface area contributed by atoms with Gasteiger partial charge in [-0.05, 0) is 41.6 Å². The molecule has 0 spiro atoms. The third-order valence-electron chi connectivity index (χ3n) is 2.08. The molecule has 4 heteroatoms. The maximum absolute atomic E-state index is 4.28. The minimum absolute atomic E-state index is 0.799. The molecule has 2 rings (SSSR count). The van der Waals surface area contributed by atoms with Crippen molar-refractivity contribution in [3.05, 3.63) is 16.5 Å². The molecule has 0 bridgehead atoms. The van der Waals surface area contributed by atoms with Crippen LogP contribution in [-0.4, -0.2) is 16.5 Å². The summed E-state index contributed by atoms with van der Waals surface area (Å²) in [5.74, 6) is 2.59. The van der Waals surface area contributed by atoms with E-state index in [1.54, 1.807) is 0 Å². The Kier molecular flexibility index (Phi) is 2.49. The molecule has 0 radical (unpaired) electrons. The van der Waals surface area contributed by atoms with E-state index in [1.807, 2.05) is 13.0 Å². The van der Waals surface area contributed by atoms with Gasteiger partial charge >= 0.3 is 0 Å². The summed E-state index contributed by atoms with van der Waals surface area (Å²) in [4.78, 5) is 8.42. The Balaban J connectivity index is 2.01. The number of nitrogens with one attached hydrogen (secondary N) is 1. The van der Waals surface area contributed by atoms with E-state index < -0.39 is 0 Å². The third-order valence-corrected chi connectivity index (χ3v) is 2.48. The molecule has 1 saturated carbocycles. The summed E-state index contributed by atoms with van der Waals surface area (Å²) in [5, 5.41) is 3.31. The average molecular weight is 242 g/mol. The highest BCUT2D eigenvalue weighted by atomic mass is 79.9. The molecule has 0 unspecified atom stereocenters. The molecule has 0 saturated heterocycles. The van der Waals surface area contributed by atoms with E-state index in [9.17, 15) is 0 Å². The van der Waals surface area contributed by atoms with Gasteiger partial charge in [-0.1, -0.05) is 0 Å². The molecule has 1 fully saturated rings. The minimum Gasteiger partial charge on any atom is -0.370 e. The van der Waals surface area contributed by atoms with Gasteiger partial charge in [-0.2, -0.15) is 0 Å². The molecular weight excluding hydrogens is 230 g/mol. The smallest absolute Gasteiger partial charge is 0.130 e. The number of hydrogen-bond donors (Lipinski definition) is 1. The van der Waals surface area contributed by atoms with E-state index in [4.69, 9.17) is 0 Å². The van der Waals surface area contributed by atoms with Crippen molar-refractivity contribution in [3.8, 4) is 0 Å². The van der Waals surface area contributed by atoms with Crippen molar-refractivity contribution in [2.45, 2.75) is 19.8 Å². The van der Waals surface area contributed by atoms with Crippen LogP contribution in [0.3, 0.4) is 0 Å². The van der Waals surface area contributed by atoms with E-state index in [-0.39, 0.29) is 0 Å². The molecule has 0 amide bonds. The molecule has 1 aliphatic rings. The van der Waals surface area contributed by atoms with Gasteiger partial charge < -0.3 is 5.32 Å². The van der Waals surface area contributed by atoms with Gasteiger partial charge in [0.1, 0.15) is 16.2 Å². The number of anilines is 1. The molecule has 0 aliphatic heterocycles. The second kappa shape index (κ2) is 3.62. The van der Waals surface area contributed by atoms with Gasteiger partial charge in [-0.3, -0.25) is 0 Å². The largest absolute Gasteiger partial charge is 0.370 e. The van der Waals surface area contributed by atoms with Crippen molar-refractivity contribution >= 4 is 21.7 Å². The summed E-state index contributed by atoms with van der Waals surface area (Å²) >= 11 is 3.34. The van der Waals surface area contributed by atoms with Crippen LogP contribution in [0.5, 0.6) is 0 Å². The van der Waals surface area contributed by atoms with Gasteiger partial charge in [0.05, 0.1) is 0 Å². The monoisotopic (exact) mass is 241 g/mol. The normalized spacial score (nSPS) is 15.8. The molecule has 1 aromatic rings. The first kappa shape index (κ1) is 8.94. The fourth-order valence-corrected chi connectivity index (χ4v) is 1.67. The quantitative estimate of drug-likeness (QED) is 0.827. The predicted molar refractivity (Wildman–Crippen MR) is 55.7 cm³/mol. The van der Waals surface area contributed by atoms with E-state index in [0.717, 1.165) is 28.7 Å². The molecule has 1 N–H and O–H groups in total. The maximum atomic E-state index is 4.28. The zero-order chi connectivity index (χ0) is 9.26. The summed E-state index contributed by atoms with van der Waals surface area (Å²) in [6.07, 6.45) is 2.72. The Morgan fingerprint density at radius 3 is 2.92 bits per heavy atom. The Hall–Kier alpha value is -0.640. The van der Waals surface area contributed by atoms with Gasteiger partial charge in [0.25, 0.3) is 0 Å². The number of aryl methyl sites for hydroxylation is 1. The van der Waals surface area contributed by atoms with Gasteiger partial charge in [0, 0.05) is 12.6 Å². The molecule has 0 atom stereocenters. The summed E-state index contributed by atoms with van der Waals surface area (Å²) in [6, 6.07) is 1.91.